The van der Waals surface area contributed by atoms with E-state index in [1.807, 2.05) is 30.3 Å². The molecule has 0 aromatic heterocycles. The van der Waals surface area contributed by atoms with Crippen LogP contribution in [0.2, 0.25) is 5.02 Å². The molecule has 7 heteroatoms. The third-order valence-corrected chi connectivity index (χ3v) is 4.33. The summed E-state index contributed by atoms with van der Waals surface area (Å²) in [5, 5.41) is 3.03. The highest BCUT2D eigenvalue weighted by molar-refractivity contribution is 6.33. The van der Waals surface area contributed by atoms with Gasteiger partial charge in [-0.3, -0.25) is 4.79 Å². The van der Waals surface area contributed by atoms with Gasteiger partial charge >= 0.3 is 5.97 Å². The highest BCUT2D eigenvalue weighted by Gasteiger charge is 2.19. The van der Waals surface area contributed by atoms with Gasteiger partial charge in [-0.05, 0) is 61.5 Å². The summed E-state index contributed by atoms with van der Waals surface area (Å²) in [4.78, 5) is 24.5. The van der Waals surface area contributed by atoms with Gasteiger partial charge in [0.05, 0.1) is 16.3 Å². The number of hydrogen-bond donors (Lipinski definition) is 2. The molecular formula is C22H19ClN2O4. The molecule has 3 aromatic rings. The molecule has 0 saturated carbocycles. The number of nitrogen functional groups attached to an aromatic ring is 1. The number of carbonyl (C=O) groups is 2. The Morgan fingerprint density at radius 3 is 2.28 bits per heavy atom. The summed E-state index contributed by atoms with van der Waals surface area (Å²) in [7, 11) is 0. The van der Waals surface area contributed by atoms with Crippen LogP contribution in [0.25, 0.3) is 0 Å². The number of nitrogens with two attached hydrogens (primary N) is 1. The maximum atomic E-state index is 12.3. The van der Waals surface area contributed by atoms with Crippen LogP contribution in [0.3, 0.4) is 0 Å². The van der Waals surface area contributed by atoms with Gasteiger partial charge in [-0.25, -0.2) is 4.79 Å². The number of carbonyl (C=O) groups excluding carboxylic acids is 2. The fraction of sp³-hybridized carbons (Fsp3) is 0.0909. The molecule has 0 aliphatic heterocycles. The molecular weight excluding hydrogens is 392 g/mol. The van der Waals surface area contributed by atoms with E-state index in [9.17, 15) is 9.59 Å². The van der Waals surface area contributed by atoms with E-state index in [0.717, 1.165) is 0 Å². The van der Waals surface area contributed by atoms with Crippen LogP contribution in [-0.2, 0) is 9.53 Å². The van der Waals surface area contributed by atoms with Gasteiger partial charge in [-0.15, -0.1) is 0 Å². The zero-order chi connectivity index (χ0) is 20.8. The van der Waals surface area contributed by atoms with Gasteiger partial charge in [-0.1, -0.05) is 29.8 Å². The molecule has 0 heterocycles. The molecule has 148 valence electrons. The molecule has 1 amide bonds. The van der Waals surface area contributed by atoms with Gasteiger partial charge in [0.1, 0.15) is 11.5 Å². The first-order valence-corrected chi connectivity index (χ1v) is 9.20. The molecule has 0 aliphatic rings. The van der Waals surface area contributed by atoms with Crippen molar-refractivity contribution >= 4 is 34.9 Å². The molecule has 0 saturated heterocycles. The number of nitrogens with one attached hydrogen (secondary N) is 1. The summed E-state index contributed by atoms with van der Waals surface area (Å²) in [6.45, 7) is 1.49. The maximum absolute atomic E-state index is 12.3. The Morgan fingerprint density at radius 1 is 0.966 bits per heavy atom. The second-order valence-corrected chi connectivity index (χ2v) is 6.62. The van der Waals surface area contributed by atoms with Gasteiger partial charge in [0.25, 0.3) is 5.91 Å². The largest absolute Gasteiger partial charge is 0.457 e. The molecule has 1 unspecified atom stereocenters. The van der Waals surface area contributed by atoms with Crippen molar-refractivity contribution < 1.29 is 19.1 Å². The number of hydrogen-bond acceptors (Lipinski definition) is 5. The Hall–Kier alpha value is -3.51. The summed E-state index contributed by atoms with van der Waals surface area (Å²) in [5.41, 5.74) is 6.71. The lowest BCUT2D eigenvalue weighted by Crippen LogP contribution is -2.30. The highest BCUT2D eigenvalue weighted by Crippen LogP contribution is 2.23. The quantitative estimate of drug-likeness (QED) is 0.445. The Kier molecular flexibility index (Phi) is 6.36. The summed E-state index contributed by atoms with van der Waals surface area (Å²) in [5.74, 6) is 0.223. The first-order valence-electron chi connectivity index (χ1n) is 8.82. The van der Waals surface area contributed by atoms with Crippen molar-refractivity contribution in [3.8, 4) is 11.5 Å². The van der Waals surface area contributed by atoms with Crippen LogP contribution in [0.15, 0.2) is 72.8 Å². The minimum absolute atomic E-state index is 0.217. The molecule has 1 atom stereocenters. The van der Waals surface area contributed by atoms with E-state index in [-0.39, 0.29) is 11.3 Å². The summed E-state index contributed by atoms with van der Waals surface area (Å²) >= 11 is 5.84. The van der Waals surface area contributed by atoms with Gasteiger partial charge in [-0.2, -0.15) is 0 Å². The SMILES string of the molecule is CC(OC(=O)c1ccc(Cl)c(N)c1)C(=O)Nc1ccc(Oc2ccccc2)cc1. The van der Waals surface area contributed by atoms with Crippen LogP contribution >= 0.6 is 11.6 Å². The third-order valence-electron chi connectivity index (χ3n) is 3.99. The average Bonchev–Trinajstić information content (AvgIpc) is 2.72. The van der Waals surface area contributed by atoms with Gasteiger partial charge in [0, 0.05) is 5.69 Å². The van der Waals surface area contributed by atoms with E-state index in [0.29, 0.717) is 22.2 Å². The number of amides is 1. The fourth-order valence-corrected chi connectivity index (χ4v) is 2.55. The number of esters is 1. The summed E-state index contributed by atoms with van der Waals surface area (Å²) in [6, 6.07) is 20.6. The predicted octanol–water partition coefficient (Wildman–Crippen LogP) is 4.90. The first-order chi connectivity index (χ1) is 13.9. The van der Waals surface area contributed by atoms with Crippen LogP contribution in [0.5, 0.6) is 11.5 Å². The second kappa shape index (κ2) is 9.12. The normalized spacial score (nSPS) is 11.4. The van der Waals surface area contributed by atoms with Gasteiger partial charge < -0.3 is 20.5 Å². The smallest absolute Gasteiger partial charge is 0.338 e. The van der Waals surface area contributed by atoms with Crippen molar-refractivity contribution in [2.24, 2.45) is 0 Å². The Labute approximate surface area is 173 Å². The Bertz CT molecular complexity index is 1010. The number of rotatable bonds is 6. The predicted molar refractivity (Wildman–Crippen MR) is 112 cm³/mol. The highest BCUT2D eigenvalue weighted by atomic mass is 35.5. The monoisotopic (exact) mass is 410 g/mol. The van der Waals surface area contributed by atoms with Crippen molar-refractivity contribution in [3.63, 3.8) is 0 Å². The molecule has 3 N–H and O–H groups in total. The molecule has 0 fully saturated rings. The Balaban J connectivity index is 1.56. The second-order valence-electron chi connectivity index (χ2n) is 6.21. The van der Waals surface area contributed by atoms with Gasteiger partial charge in [0.2, 0.25) is 0 Å². The van der Waals surface area contributed by atoms with Crippen molar-refractivity contribution in [1.29, 1.82) is 0 Å². The van der Waals surface area contributed by atoms with Crippen molar-refractivity contribution in [2.45, 2.75) is 13.0 Å². The van der Waals surface area contributed by atoms with E-state index < -0.39 is 18.0 Å². The molecule has 0 spiro atoms. The average molecular weight is 411 g/mol. The van der Waals surface area contributed by atoms with E-state index >= 15 is 0 Å². The molecule has 6 nitrogen and oxygen atoms in total. The van der Waals surface area contributed by atoms with Crippen LogP contribution in [0, 0.1) is 0 Å². The fourth-order valence-electron chi connectivity index (χ4n) is 2.43. The van der Waals surface area contributed by atoms with E-state index in [4.69, 9.17) is 26.8 Å². The van der Waals surface area contributed by atoms with Crippen molar-refractivity contribution in [3.05, 3.63) is 83.4 Å². The number of ether oxygens (including phenoxy) is 2. The van der Waals surface area contributed by atoms with Crippen LogP contribution in [0.1, 0.15) is 17.3 Å². The van der Waals surface area contributed by atoms with Crippen LogP contribution in [-0.4, -0.2) is 18.0 Å². The zero-order valence-corrected chi connectivity index (χ0v) is 16.3. The number of para-hydroxylation sites is 1. The van der Waals surface area contributed by atoms with Gasteiger partial charge in [0.15, 0.2) is 6.10 Å². The molecule has 0 aliphatic carbocycles. The minimum atomic E-state index is -1.00. The van der Waals surface area contributed by atoms with E-state index in [1.165, 1.54) is 25.1 Å². The minimum Gasteiger partial charge on any atom is -0.457 e. The maximum Gasteiger partial charge on any atom is 0.338 e. The lowest BCUT2D eigenvalue weighted by Gasteiger charge is -2.14. The standard InChI is InChI=1S/C22H19ClN2O4/c1-14(28-22(27)15-7-12-19(23)20(24)13-15)21(26)25-16-8-10-18(11-9-16)29-17-5-3-2-4-6-17/h2-14H,24H2,1H3,(H,25,26). The van der Waals surface area contributed by atoms with Crippen molar-refractivity contribution in [1.82, 2.24) is 0 Å². The van der Waals surface area contributed by atoms with Crippen molar-refractivity contribution in [2.75, 3.05) is 11.1 Å². The first kappa shape index (κ1) is 20.2. The molecule has 3 aromatic carbocycles. The molecule has 0 radical (unpaired) electrons. The topological polar surface area (TPSA) is 90.7 Å². The van der Waals surface area contributed by atoms with E-state index in [2.05, 4.69) is 5.32 Å². The zero-order valence-electron chi connectivity index (χ0n) is 15.6. The summed E-state index contributed by atoms with van der Waals surface area (Å²) < 4.78 is 10.9. The number of anilines is 2. The Morgan fingerprint density at radius 2 is 1.62 bits per heavy atom. The molecule has 29 heavy (non-hydrogen) atoms. The lowest BCUT2D eigenvalue weighted by atomic mass is 10.2. The van der Waals surface area contributed by atoms with E-state index in [1.54, 1.807) is 24.3 Å². The molecule has 3 rings (SSSR count). The van der Waals surface area contributed by atoms with Crippen LogP contribution < -0.4 is 15.8 Å². The number of halogens is 1. The lowest BCUT2D eigenvalue weighted by molar-refractivity contribution is -0.123. The molecule has 0 bridgehead atoms. The van der Waals surface area contributed by atoms with Crippen LogP contribution in [0.4, 0.5) is 11.4 Å². The summed E-state index contributed by atoms with van der Waals surface area (Å²) in [6.07, 6.45) is -1.00. The third kappa shape index (κ3) is 5.49. The number of benzene rings is 3.